The summed E-state index contributed by atoms with van der Waals surface area (Å²) in [5.41, 5.74) is 12.8. The van der Waals surface area contributed by atoms with Crippen LogP contribution in [-0.4, -0.2) is 69.0 Å². The maximum absolute atomic E-state index is 11.1. The van der Waals surface area contributed by atoms with Gasteiger partial charge in [0.2, 0.25) is 0 Å². The van der Waals surface area contributed by atoms with E-state index in [4.69, 9.17) is 44.6 Å². The highest BCUT2D eigenvalue weighted by atomic mass is 16.5. The number of hydrogen-bond donors (Lipinski definition) is 2. The summed E-state index contributed by atoms with van der Waals surface area (Å²) >= 11 is 0. The molecule has 0 aliphatic carbocycles. The molecule has 2 heterocycles. The summed E-state index contributed by atoms with van der Waals surface area (Å²) < 4.78 is 22.8. The molecule has 92 heavy (non-hydrogen) atoms. The van der Waals surface area contributed by atoms with Crippen LogP contribution in [0.3, 0.4) is 0 Å². The van der Waals surface area contributed by atoms with Gasteiger partial charge in [0.15, 0.2) is 22.7 Å². The van der Waals surface area contributed by atoms with Crippen LogP contribution in [0.5, 0.6) is 11.5 Å². The van der Waals surface area contributed by atoms with Gasteiger partial charge in [-0.2, -0.15) is 31.6 Å². The number of unbranched alkanes of at least 4 members (excludes halogenated alkanes) is 4. The molecule has 2 aliphatic heterocycles. The monoisotopic (exact) mass is 1240 g/mol. The molecule has 0 fully saturated rings. The van der Waals surface area contributed by atoms with Gasteiger partial charge in [0.25, 0.3) is 5.97 Å². The second-order valence-corrected chi connectivity index (χ2v) is 23.1. The van der Waals surface area contributed by atoms with Crippen molar-refractivity contribution in [1.29, 1.82) is 31.6 Å². The molecule has 0 amide bonds. The van der Waals surface area contributed by atoms with Crippen LogP contribution in [0.4, 0.5) is 11.4 Å². The lowest BCUT2D eigenvalue weighted by molar-refractivity contribution is -0.134. The molecular weight excluding hydrogens is 1150 g/mol. The largest absolute Gasteiger partial charge is 0.496 e. The number of carbonyl (C=O) groups is 2. The average molecular weight is 1240 g/mol. The summed E-state index contributed by atoms with van der Waals surface area (Å²) in [6.45, 7) is 31.4. The van der Waals surface area contributed by atoms with Gasteiger partial charge in [0, 0.05) is 78.9 Å². The van der Waals surface area contributed by atoms with Crippen LogP contribution < -0.4 is 25.4 Å². The molecule has 4 N–H and O–H groups in total. The molecule has 484 valence electrons. The van der Waals surface area contributed by atoms with E-state index in [1.165, 1.54) is 62.7 Å². The summed E-state index contributed by atoms with van der Waals surface area (Å²) in [6.07, 6.45) is 22.6. The number of aldehydes is 1. The maximum Gasteiger partial charge on any atom is 0.300 e. The van der Waals surface area contributed by atoms with E-state index in [-0.39, 0.29) is 40.0 Å². The topological polar surface area (TPSA) is 276 Å². The van der Waals surface area contributed by atoms with Gasteiger partial charge < -0.3 is 40.0 Å². The Bertz CT molecular complexity index is 3690. The number of aliphatic carboxylic acids is 1. The standard InChI is InChI=1S/C37H42N4O2.C26H35NO2.C11H9N3O.C2H4O2.H3N/c1-8-10-18-41(19-11-9-2)32-16-14-28(35(22-32)42-7)12-13-29-20-27(4)30(21-26(29)3)15-17-34-33(25-40)36(31(23-38)24-39)43-37(34,5)6;1-6-8-14-27(15-9-7-2)25-13-12-22(26(18-25)29-5)10-11-23-16-21(4)24(19-28)17-20(23)3;1-7-9(6-14)10(8(4-12)5-13)15-11(7,2)3;1-2(3)4;/h12-17,20-22H,8-11,18-19H2,1-7H3;10-13,16-19H,6-9,14-15H2,1-5H3;1-3H3;1H3,(H,3,4);1H3/b13-12?,17-15+;;;;. The minimum absolute atomic E-state index is 0. The Morgan fingerprint density at radius 3 is 1.15 bits per heavy atom. The average Bonchev–Trinajstić information content (AvgIpc) is 1.70. The smallest absolute Gasteiger partial charge is 0.300 e. The molecule has 4 aromatic carbocycles. The van der Waals surface area contributed by atoms with Crippen LogP contribution in [0.2, 0.25) is 0 Å². The van der Waals surface area contributed by atoms with E-state index in [0.29, 0.717) is 5.57 Å². The number of methoxy groups -OCH3 is 2. The Morgan fingerprint density at radius 2 is 0.826 bits per heavy atom. The molecule has 6 rings (SSSR count). The van der Waals surface area contributed by atoms with E-state index in [1.807, 2.05) is 64.1 Å². The number of benzene rings is 4. The highest BCUT2D eigenvalue weighted by molar-refractivity contribution is 5.82. The first kappa shape index (κ1) is 78.0. The van der Waals surface area contributed by atoms with Crippen LogP contribution >= 0.6 is 0 Å². The molecule has 0 radical (unpaired) electrons. The highest BCUT2D eigenvalue weighted by Gasteiger charge is 2.39. The third-order valence-electron chi connectivity index (χ3n) is 15.5. The number of allylic oxidation sites excluding steroid dienone is 4. The van der Waals surface area contributed by atoms with Crippen molar-refractivity contribution in [3.8, 4) is 47.9 Å². The number of anilines is 2. The maximum atomic E-state index is 11.1. The van der Waals surface area contributed by atoms with E-state index in [2.05, 4.69) is 136 Å². The van der Waals surface area contributed by atoms with Gasteiger partial charge in [-0.1, -0.05) is 108 Å². The number of hydrogen-bond acceptors (Lipinski definition) is 15. The number of carboxylic acids is 1. The SMILES string of the molecule is CC(=O)O.CC1=C(C#N)C(=C(C#N)C#N)OC1(C)C.CCCCN(CCCC)c1ccc(C=Cc2cc(C)c(/C=C/C3=C(C#N)C(=C(C#N)C#N)OC3(C)C)cc2C)c(OC)c1.CCCCN(CCCC)c1ccc(C=Cc2cc(C)c(C=O)cc2C)c(OC)c1.N. The zero-order chi connectivity index (χ0) is 68.0. The summed E-state index contributed by atoms with van der Waals surface area (Å²) in [7, 11) is 3.45. The summed E-state index contributed by atoms with van der Waals surface area (Å²) in [5, 5.41) is 62.2. The lowest BCUT2D eigenvalue weighted by atomic mass is 9.93. The molecule has 4 aromatic rings. The number of carboxylic acid groups (broad SMARTS) is 1. The Kier molecular flexibility index (Phi) is 32.6. The highest BCUT2D eigenvalue weighted by Crippen LogP contribution is 2.41. The van der Waals surface area contributed by atoms with Gasteiger partial charge in [-0.15, -0.1) is 0 Å². The normalized spacial score (nSPS) is 13.2. The van der Waals surface area contributed by atoms with Gasteiger partial charge in [0.05, 0.1) is 19.8 Å². The van der Waals surface area contributed by atoms with Crippen LogP contribution in [0.1, 0.15) is 181 Å². The molecule has 2 aliphatic rings. The molecule has 16 nitrogen and oxygen atoms in total. The predicted molar refractivity (Wildman–Crippen MR) is 370 cm³/mol. The molecule has 0 unspecified atom stereocenters. The van der Waals surface area contributed by atoms with Crippen molar-refractivity contribution in [1.82, 2.24) is 6.15 Å². The zero-order valence-corrected chi connectivity index (χ0v) is 57.0. The summed E-state index contributed by atoms with van der Waals surface area (Å²) in [4.78, 5) is 25.1. The first-order chi connectivity index (χ1) is 43.4. The third kappa shape index (κ3) is 21.8. The van der Waals surface area contributed by atoms with E-state index < -0.39 is 17.2 Å². The zero-order valence-electron chi connectivity index (χ0n) is 57.0. The Hall–Kier alpha value is -10.1. The fraction of sp³-hybridized carbons (Fsp3) is 0.395. The Balaban J connectivity index is 0.000000503. The summed E-state index contributed by atoms with van der Waals surface area (Å²) in [6, 6.07) is 32.4. The Morgan fingerprint density at radius 1 is 0.511 bits per heavy atom. The summed E-state index contributed by atoms with van der Waals surface area (Å²) in [5.74, 6) is 1.05. The van der Waals surface area contributed by atoms with Crippen LogP contribution in [0, 0.1) is 95.7 Å². The van der Waals surface area contributed by atoms with Crippen molar-refractivity contribution in [3.63, 3.8) is 0 Å². The number of rotatable bonds is 23. The quantitative estimate of drug-likeness (QED) is 0.0397. The van der Waals surface area contributed by atoms with Crippen molar-refractivity contribution in [2.75, 3.05) is 50.2 Å². The minimum atomic E-state index is -0.848. The van der Waals surface area contributed by atoms with Gasteiger partial charge >= 0.3 is 0 Å². The molecule has 0 bridgehead atoms. The molecule has 0 saturated carbocycles. The van der Waals surface area contributed by atoms with Crippen molar-refractivity contribution in [2.24, 2.45) is 0 Å². The van der Waals surface area contributed by atoms with Crippen molar-refractivity contribution < 1.29 is 33.6 Å². The van der Waals surface area contributed by atoms with Gasteiger partial charge in [-0.3, -0.25) is 9.59 Å². The second kappa shape index (κ2) is 38.4. The van der Waals surface area contributed by atoms with Crippen molar-refractivity contribution in [3.05, 3.63) is 167 Å². The fourth-order valence-corrected chi connectivity index (χ4v) is 9.90. The van der Waals surface area contributed by atoms with Crippen molar-refractivity contribution >= 4 is 54.0 Å². The third-order valence-corrected chi connectivity index (χ3v) is 15.5. The van der Waals surface area contributed by atoms with Gasteiger partial charge in [-0.05, 0) is 163 Å². The first-order valence-corrected chi connectivity index (χ1v) is 30.9. The molecule has 0 aromatic heterocycles. The molecular formula is C76H93N9O7. The molecule has 0 saturated heterocycles. The van der Waals surface area contributed by atoms with Crippen molar-refractivity contribution in [2.45, 2.75) is 160 Å². The number of ether oxygens (including phenoxy) is 4. The van der Waals surface area contributed by atoms with E-state index in [9.17, 15) is 20.6 Å². The van der Waals surface area contributed by atoms with Gasteiger partial charge in [-0.25, -0.2) is 0 Å². The minimum Gasteiger partial charge on any atom is -0.496 e. The Labute approximate surface area is 547 Å². The number of carbonyl (C=O) groups excluding carboxylic acids is 1. The predicted octanol–water partition coefficient (Wildman–Crippen LogP) is 17.7. The number of aryl methyl sites for hydroxylation is 4. The van der Waals surface area contributed by atoms with E-state index >= 15 is 0 Å². The van der Waals surface area contributed by atoms with Crippen LogP contribution in [0.25, 0.3) is 30.4 Å². The number of nitrogens with zero attached hydrogens (tertiary/aromatic N) is 8. The van der Waals surface area contributed by atoms with Crippen LogP contribution in [0.15, 0.2) is 112 Å². The van der Waals surface area contributed by atoms with E-state index in [0.717, 1.165) is 112 Å². The lowest BCUT2D eigenvalue weighted by Gasteiger charge is -2.25. The molecule has 0 spiro atoms. The van der Waals surface area contributed by atoms with Crippen LogP contribution in [-0.2, 0) is 14.3 Å². The number of nitriles is 6. The van der Waals surface area contributed by atoms with E-state index in [1.54, 1.807) is 47.1 Å². The molecule has 16 heteroatoms. The lowest BCUT2D eigenvalue weighted by Crippen LogP contribution is -2.25. The fourth-order valence-electron chi connectivity index (χ4n) is 9.90. The molecule has 0 atom stereocenters. The van der Waals surface area contributed by atoms with Gasteiger partial charge in [0.1, 0.15) is 71.0 Å². The second-order valence-electron chi connectivity index (χ2n) is 23.1. The first-order valence-electron chi connectivity index (χ1n) is 30.9.